The molecule has 0 heterocycles. The van der Waals surface area contributed by atoms with Crippen LogP contribution in [0.25, 0.3) is 0 Å². The topological polar surface area (TPSA) is 55.4 Å². The maximum atomic E-state index is 13.4. The van der Waals surface area contributed by atoms with Crippen LogP contribution in [0.3, 0.4) is 0 Å². The Kier molecular flexibility index (Phi) is 4.71. The molecule has 0 fully saturated rings. The Morgan fingerprint density at radius 2 is 1.73 bits per heavy atom. The van der Waals surface area contributed by atoms with Gasteiger partial charge >= 0.3 is 0 Å². The molecule has 22 heavy (non-hydrogen) atoms. The zero-order valence-corrected chi connectivity index (χ0v) is 13.4. The normalized spacial score (nSPS) is 11.5. The first-order chi connectivity index (χ1) is 10.3. The molecular formula is C16H18FNO3S. The molecule has 0 aromatic heterocycles. The number of halogens is 1. The van der Waals surface area contributed by atoms with Crippen LogP contribution in [0.4, 0.5) is 10.1 Å². The van der Waals surface area contributed by atoms with E-state index >= 15 is 0 Å². The maximum Gasteiger partial charge on any atom is 0.262 e. The molecular weight excluding hydrogens is 305 g/mol. The van der Waals surface area contributed by atoms with Gasteiger partial charge in [-0.2, -0.15) is 0 Å². The van der Waals surface area contributed by atoms with Gasteiger partial charge in [0.05, 0.1) is 16.7 Å². The summed E-state index contributed by atoms with van der Waals surface area (Å²) >= 11 is 0. The third-order valence-electron chi connectivity index (χ3n) is 2.88. The predicted molar refractivity (Wildman–Crippen MR) is 84.2 cm³/mol. The van der Waals surface area contributed by atoms with Gasteiger partial charge in [-0.3, -0.25) is 4.72 Å². The molecule has 6 heteroatoms. The van der Waals surface area contributed by atoms with Crippen LogP contribution in [-0.4, -0.2) is 14.5 Å². The van der Waals surface area contributed by atoms with Gasteiger partial charge in [0.25, 0.3) is 10.0 Å². The van der Waals surface area contributed by atoms with E-state index in [1.54, 1.807) is 12.1 Å². The lowest BCUT2D eigenvalue weighted by molar-refractivity contribution is 0.243. The second-order valence-corrected chi connectivity index (χ2v) is 6.91. The average molecular weight is 323 g/mol. The Hall–Kier alpha value is -2.08. The molecule has 0 saturated carbocycles. The van der Waals surface area contributed by atoms with Gasteiger partial charge in [-0.25, -0.2) is 12.8 Å². The lowest BCUT2D eigenvalue weighted by atomic mass is 10.2. The molecule has 1 N–H and O–H groups in total. The van der Waals surface area contributed by atoms with E-state index in [0.29, 0.717) is 0 Å². The molecule has 0 aliphatic carbocycles. The number of benzene rings is 2. The number of sulfonamides is 1. The van der Waals surface area contributed by atoms with Gasteiger partial charge in [-0.05, 0) is 45.0 Å². The largest absolute Gasteiger partial charge is 0.489 e. The summed E-state index contributed by atoms with van der Waals surface area (Å²) in [5.74, 6) is -0.259. The van der Waals surface area contributed by atoms with Crippen LogP contribution in [0.5, 0.6) is 5.75 Å². The van der Waals surface area contributed by atoms with Crippen LogP contribution in [0, 0.1) is 12.7 Å². The molecule has 0 amide bonds. The summed E-state index contributed by atoms with van der Waals surface area (Å²) in [6, 6.07) is 10.1. The van der Waals surface area contributed by atoms with E-state index in [0.717, 1.165) is 11.6 Å². The third-order valence-corrected chi connectivity index (χ3v) is 4.26. The molecule has 0 unspecified atom stereocenters. The minimum absolute atomic E-state index is 0.0780. The van der Waals surface area contributed by atoms with E-state index in [1.165, 1.54) is 24.3 Å². The summed E-state index contributed by atoms with van der Waals surface area (Å²) < 4.78 is 46.1. The Morgan fingerprint density at radius 1 is 1.09 bits per heavy atom. The fourth-order valence-electron chi connectivity index (χ4n) is 1.86. The lowest BCUT2D eigenvalue weighted by Gasteiger charge is -2.16. The van der Waals surface area contributed by atoms with Gasteiger partial charge in [-0.1, -0.05) is 17.7 Å². The van der Waals surface area contributed by atoms with Crippen LogP contribution in [0.1, 0.15) is 19.4 Å². The number of aryl methyl sites for hydroxylation is 1. The van der Waals surface area contributed by atoms with Gasteiger partial charge in [0, 0.05) is 6.07 Å². The number of hydrogen-bond acceptors (Lipinski definition) is 3. The number of rotatable bonds is 5. The maximum absolute atomic E-state index is 13.4. The first-order valence-corrected chi connectivity index (χ1v) is 8.32. The summed E-state index contributed by atoms with van der Waals surface area (Å²) in [4.78, 5) is 0.109. The zero-order valence-electron chi connectivity index (χ0n) is 12.6. The summed E-state index contributed by atoms with van der Waals surface area (Å²) in [5, 5.41) is 0. The highest BCUT2D eigenvalue weighted by molar-refractivity contribution is 7.92. The Morgan fingerprint density at radius 3 is 2.32 bits per heavy atom. The monoisotopic (exact) mass is 323 g/mol. The van der Waals surface area contributed by atoms with Crippen molar-refractivity contribution < 1.29 is 17.5 Å². The van der Waals surface area contributed by atoms with Crippen LogP contribution in [0.2, 0.25) is 0 Å². The van der Waals surface area contributed by atoms with Gasteiger partial charge < -0.3 is 4.74 Å². The highest BCUT2D eigenvalue weighted by atomic mass is 32.2. The first-order valence-electron chi connectivity index (χ1n) is 6.83. The highest BCUT2D eigenvalue weighted by Crippen LogP contribution is 2.28. The lowest BCUT2D eigenvalue weighted by Crippen LogP contribution is -2.15. The molecule has 4 nitrogen and oxygen atoms in total. The zero-order chi connectivity index (χ0) is 16.3. The first kappa shape index (κ1) is 16.3. The minimum atomic E-state index is -3.80. The fraction of sp³-hybridized carbons (Fsp3) is 0.250. The molecule has 0 spiro atoms. The molecule has 118 valence electrons. The molecule has 0 saturated heterocycles. The quantitative estimate of drug-likeness (QED) is 0.912. The van der Waals surface area contributed by atoms with E-state index in [2.05, 4.69) is 4.72 Å². The third kappa shape index (κ3) is 3.98. The Bertz CT molecular complexity index is 755. The SMILES string of the molecule is Cc1ccc(S(=O)(=O)Nc2cc(F)ccc2OC(C)C)cc1. The number of anilines is 1. The molecule has 2 aromatic carbocycles. The smallest absolute Gasteiger partial charge is 0.262 e. The number of hydrogen-bond donors (Lipinski definition) is 1. The van der Waals surface area contributed by atoms with Crippen LogP contribution in [0.15, 0.2) is 47.4 Å². The van der Waals surface area contributed by atoms with Gasteiger partial charge in [0.15, 0.2) is 0 Å². The van der Waals surface area contributed by atoms with Crippen LogP contribution < -0.4 is 9.46 Å². The second-order valence-electron chi connectivity index (χ2n) is 5.23. The Balaban J connectivity index is 2.36. The van der Waals surface area contributed by atoms with Gasteiger partial charge in [-0.15, -0.1) is 0 Å². The van der Waals surface area contributed by atoms with Crippen molar-refractivity contribution in [3.63, 3.8) is 0 Å². The van der Waals surface area contributed by atoms with Crippen LogP contribution >= 0.6 is 0 Å². The van der Waals surface area contributed by atoms with Gasteiger partial charge in [0.1, 0.15) is 11.6 Å². The van der Waals surface area contributed by atoms with Crippen molar-refractivity contribution in [3.8, 4) is 5.75 Å². The molecule has 0 aliphatic heterocycles. The fourth-order valence-corrected chi connectivity index (χ4v) is 2.92. The highest BCUT2D eigenvalue weighted by Gasteiger charge is 2.17. The van der Waals surface area contributed by atoms with E-state index in [1.807, 2.05) is 20.8 Å². The van der Waals surface area contributed by atoms with Crippen molar-refractivity contribution in [2.45, 2.75) is 31.8 Å². The predicted octanol–water partition coefficient (Wildman–Crippen LogP) is 3.72. The Labute approximate surface area is 130 Å². The number of ether oxygens (including phenoxy) is 1. The van der Waals surface area contributed by atoms with Crippen LogP contribution in [-0.2, 0) is 10.0 Å². The second kappa shape index (κ2) is 6.36. The van der Waals surface area contributed by atoms with E-state index < -0.39 is 15.8 Å². The molecule has 0 atom stereocenters. The van der Waals surface area contributed by atoms with Crippen molar-refractivity contribution in [1.29, 1.82) is 0 Å². The van der Waals surface area contributed by atoms with Crippen molar-refractivity contribution in [1.82, 2.24) is 0 Å². The van der Waals surface area contributed by atoms with E-state index in [9.17, 15) is 12.8 Å². The van der Waals surface area contributed by atoms with Crippen molar-refractivity contribution in [2.24, 2.45) is 0 Å². The summed E-state index contributed by atoms with van der Waals surface area (Å²) in [6.45, 7) is 5.48. The standard InChI is InChI=1S/C16H18FNO3S/c1-11(2)21-16-9-6-13(17)10-15(16)18-22(19,20)14-7-4-12(3)5-8-14/h4-11,18H,1-3H3. The van der Waals surface area contributed by atoms with Gasteiger partial charge in [0.2, 0.25) is 0 Å². The molecule has 0 radical (unpaired) electrons. The van der Waals surface area contributed by atoms with Crippen molar-refractivity contribution >= 4 is 15.7 Å². The molecule has 0 aliphatic rings. The van der Waals surface area contributed by atoms with Crippen molar-refractivity contribution in [2.75, 3.05) is 4.72 Å². The summed E-state index contributed by atoms with van der Waals surface area (Å²) in [6.07, 6.45) is -0.159. The average Bonchev–Trinajstić information content (AvgIpc) is 2.41. The van der Waals surface area contributed by atoms with E-state index in [4.69, 9.17) is 4.74 Å². The minimum Gasteiger partial charge on any atom is -0.489 e. The summed E-state index contributed by atoms with van der Waals surface area (Å²) in [5.41, 5.74) is 1.03. The molecule has 0 bridgehead atoms. The van der Waals surface area contributed by atoms with Crippen molar-refractivity contribution in [3.05, 3.63) is 53.8 Å². The number of nitrogens with one attached hydrogen (secondary N) is 1. The molecule has 2 aromatic rings. The summed E-state index contributed by atoms with van der Waals surface area (Å²) in [7, 11) is -3.80. The van der Waals surface area contributed by atoms with E-state index in [-0.39, 0.29) is 22.4 Å². The molecule has 2 rings (SSSR count).